The van der Waals surface area contributed by atoms with Gasteiger partial charge in [0, 0.05) is 12.6 Å². The molecular formula is C8H9ClN2O. The van der Waals surface area contributed by atoms with E-state index in [2.05, 4.69) is 4.98 Å². The van der Waals surface area contributed by atoms with E-state index in [-0.39, 0.29) is 0 Å². The second kappa shape index (κ2) is 4.07. The SMILES string of the molecule is Nc1ncc(Cl)cc1CCC=O. The summed E-state index contributed by atoms with van der Waals surface area (Å²) in [5, 5.41) is 0.546. The summed E-state index contributed by atoms with van der Waals surface area (Å²) in [6.07, 6.45) is 3.39. The Morgan fingerprint density at radius 1 is 1.67 bits per heavy atom. The molecule has 4 heteroatoms. The highest BCUT2D eigenvalue weighted by atomic mass is 35.5. The molecule has 0 unspecified atom stereocenters. The second-order valence-electron chi connectivity index (χ2n) is 2.40. The van der Waals surface area contributed by atoms with Crippen molar-refractivity contribution in [3.05, 3.63) is 22.8 Å². The van der Waals surface area contributed by atoms with E-state index in [0.29, 0.717) is 23.7 Å². The molecule has 0 spiro atoms. The Morgan fingerprint density at radius 2 is 2.42 bits per heavy atom. The molecule has 0 aliphatic rings. The molecule has 0 bridgehead atoms. The van der Waals surface area contributed by atoms with Crippen LogP contribution in [0, 0.1) is 0 Å². The van der Waals surface area contributed by atoms with Gasteiger partial charge in [-0.3, -0.25) is 0 Å². The molecule has 0 aromatic carbocycles. The zero-order chi connectivity index (χ0) is 8.97. The molecule has 1 rings (SSSR count). The largest absolute Gasteiger partial charge is 0.383 e. The number of halogens is 1. The maximum Gasteiger partial charge on any atom is 0.126 e. The van der Waals surface area contributed by atoms with E-state index in [1.54, 1.807) is 6.07 Å². The number of nitrogens with two attached hydrogens (primary N) is 1. The van der Waals surface area contributed by atoms with Crippen LogP contribution in [0.5, 0.6) is 0 Å². The first-order valence-electron chi connectivity index (χ1n) is 3.57. The summed E-state index contributed by atoms with van der Waals surface area (Å²) >= 11 is 5.69. The number of hydrogen-bond acceptors (Lipinski definition) is 3. The number of hydrogen-bond donors (Lipinski definition) is 1. The minimum Gasteiger partial charge on any atom is -0.383 e. The molecule has 0 fully saturated rings. The molecule has 0 atom stereocenters. The summed E-state index contributed by atoms with van der Waals surface area (Å²) in [7, 11) is 0. The van der Waals surface area contributed by atoms with E-state index in [4.69, 9.17) is 17.3 Å². The highest BCUT2D eigenvalue weighted by molar-refractivity contribution is 6.30. The summed E-state index contributed by atoms with van der Waals surface area (Å²) in [6.45, 7) is 0. The van der Waals surface area contributed by atoms with Crippen LogP contribution in [0.1, 0.15) is 12.0 Å². The summed E-state index contributed by atoms with van der Waals surface area (Å²) in [5.41, 5.74) is 6.37. The fourth-order valence-electron chi connectivity index (χ4n) is 0.906. The zero-order valence-corrected chi connectivity index (χ0v) is 7.21. The van der Waals surface area contributed by atoms with Crippen molar-refractivity contribution in [3.63, 3.8) is 0 Å². The molecule has 1 aromatic heterocycles. The first-order chi connectivity index (χ1) is 5.74. The topological polar surface area (TPSA) is 56.0 Å². The fourth-order valence-corrected chi connectivity index (χ4v) is 1.09. The number of anilines is 1. The molecule has 12 heavy (non-hydrogen) atoms. The lowest BCUT2D eigenvalue weighted by Crippen LogP contribution is -1.97. The molecule has 0 saturated heterocycles. The van der Waals surface area contributed by atoms with Crippen LogP contribution in [0.2, 0.25) is 5.02 Å². The molecule has 64 valence electrons. The van der Waals surface area contributed by atoms with Crippen LogP contribution in [0.3, 0.4) is 0 Å². The van der Waals surface area contributed by atoms with E-state index in [0.717, 1.165) is 11.8 Å². The van der Waals surface area contributed by atoms with Crippen molar-refractivity contribution in [1.29, 1.82) is 0 Å². The first-order valence-corrected chi connectivity index (χ1v) is 3.95. The molecule has 2 N–H and O–H groups in total. The number of nitrogen functional groups attached to an aromatic ring is 1. The Bertz CT molecular complexity index is 288. The van der Waals surface area contributed by atoms with Crippen molar-refractivity contribution in [2.75, 3.05) is 5.73 Å². The monoisotopic (exact) mass is 184 g/mol. The van der Waals surface area contributed by atoms with Gasteiger partial charge in [-0.05, 0) is 18.1 Å². The van der Waals surface area contributed by atoms with Crippen molar-refractivity contribution in [2.24, 2.45) is 0 Å². The molecule has 1 aromatic rings. The van der Waals surface area contributed by atoms with Gasteiger partial charge in [-0.1, -0.05) is 11.6 Å². The van der Waals surface area contributed by atoms with Crippen molar-refractivity contribution in [3.8, 4) is 0 Å². The smallest absolute Gasteiger partial charge is 0.126 e. The second-order valence-corrected chi connectivity index (χ2v) is 2.84. The number of carbonyl (C=O) groups excluding carboxylic acids is 1. The maximum absolute atomic E-state index is 10.1. The number of aldehydes is 1. The number of aromatic nitrogens is 1. The van der Waals surface area contributed by atoms with Gasteiger partial charge in [-0.15, -0.1) is 0 Å². The van der Waals surface area contributed by atoms with Crippen LogP contribution >= 0.6 is 11.6 Å². The predicted molar refractivity (Wildman–Crippen MR) is 48.0 cm³/mol. The minimum atomic E-state index is 0.446. The summed E-state index contributed by atoms with van der Waals surface area (Å²) < 4.78 is 0. The van der Waals surface area contributed by atoms with Crippen LogP contribution in [-0.4, -0.2) is 11.3 Å². The zero-order valence-electron chi connectivity index (χ0n) is 6.46. The standard InChI is InChI=1S/C8H9ClN2O/c9-7-4-6(2-1-3-12)8(10)11-5-7/h3-5H,1-2H2,(H2,10,11). The van der Waals surface area contributed by atoms with Crippen LogP contribution in [0.4, 0.5) is 5.82 Å². The third-order valence-electron chi connectivity index (χ3n) is 1.50. The third-order valence-corrected chi connectivity index (χ3v) is 1.71. The first kappa shape index (κ1) is 9.00. The molecular weight excluding hydrogens is 176 g/mol. The molecule has 0 amide bonds. The highest BCUT2D eigenvalue weighted by Crippen LogP contribution is 2.15. The van der Waals surface area contributed by atoms with Gasteiger partial charge < -0.3 is 10.5 Å². The normalized spacial score (nSPS) is 9.75. The van der Waals surface area contributed by atoms with E-state index in [1.807, 2.05) is 0 Å². The van der Waals surface area contributed by atoms with Gasteiger partial charge in [0.05, 0.1) is 5.02 Å². The average molecular weight is 185 g/mol. The van der Waals surface area contributed by atoms with Gasteiger partial charge in [0.2, 0.25) is 0 Å². The molecule has 0 radical (unpaired) electrons. The van der Waals surface area contributed by atoms with Crippen LogP contribution in [0.15, 0.2) is 12.3 Å². The van der Waals surface area contributed by atoms with Crippen molar-refractivity contribution >= 4 is 23.7 Å². The van der Waals surface area contributed by atoms with E-state index >= 15 is 0 Å². The Labute approximate surface area is 75.6 Å². The van der Waals surface area contributed by atoms with Gasteiger partial charge >= 0.3 is 0 Å². The van der Waals surface area contributed by atoms with Gasteiger partial charge in [0.25, 0.3) is 0 Å². The Kier molecular flexibility index (Phi) is 3.05. The summed E-state index contributed by atoms with van der Waals surface area (Å²) in [6, 6.07) is 1.73. The quantitative estimate of drug-likeness (QED) is 0.724. The fraction of sp³-hybridized carbons (Fsp3) is 0.250. The highest BCUT2D eigenvalue weighted by Gasteiger charge is 2.00. The average Bonchev–Trinajstić information content (AvgIpc) is 2.07. The number of rotatable bonds is 3. The van der Waals surface area contributed by atoms with Gasteiger partial charge in [-0.2, -0.15) is 0 Å². The predicted octanol–water partition coefficient (Wildman–Crippen LogP) is 1.45. The molecule has 0 aliphatic heterocycles. The lowest BCUT2D eigenvalue weighted by Gasteiger charge is -2.01. The molecule has 1 heterocycles. The van der Waals surface area contributed by atoms with Crippen molar-refractivity contribution in [1.82, 2.24) is 4.98 Å². The van der Waals surface area contributed by atoms with Crippen LogP contribution < -0.4 is 5.73 Å². The van der Waals surface area contributed by atoms with Gasteiger partial charge in [-0.25, -0.2) is 4.98 Å². The number of nitrogens with zero attached hydrogens (tertiary/aromatic N) is 1. The van der Waals surface area contributed by atoms with Crippen molar-refractivity contribution in [2.45, 2.75) is 12.8 Å². The number of carbonyl (C=O) groups is 1. The Morgan fingerprint density at radius 3 is 3.08 bits per heavy atom. The molecule has 0 saturated carbocycles. The van der Waals surface area contributed by atoms with E-state index < -0.39 is 0 Å². The lowest BCUT2D eigenvalue weighted by molar-refractivity contribution is -0.107. The van der Waals surface area contributed by atoms with Crippen LogP contribution in [-0.2, 0) is 11.2 Å². The summed E-state index contributed by atoms with van der Waals surface area (Å²) in [5.74, 6) is 0.446. The number of aryl methyl sites for hydroxylation is 1. The Balaban J connectivity index is 2.82. The number of pyridine rings is 1. The van der Waals surface area contributed by atoms with Gasteiger partial charge in [0.15, 0.2) is 0 Å². The van der Waals surface area contributed by atoms with E-state index in [1.165, 1.54) is 6.20 Å². The lowest BCUT2D eigenvalue weighted by atomic mass is 10.1. The maximum atomic E-state index is 10.1. The summed E-state index contributed by atoms with van der Waals surface area (Å²) in [4.78, 5) is 13.9. The van der Waals surface area contributed by atoms with Gasteiger partial charge in [0.1, 0.15) is 12.1 Å². The molecule has 0 aliphatic carbocycles. The molecule has 3 nitrogen and oxygen atoms in total. The van der Waals surface area contributed by atoms with E-state index in [9.17, 15) is 4.79 Å². The Hall–Kier alpha value is -1.09. The van der Waals surface area contributed by atoms with Crippen molar-refractivity contribution < 1.29 is 4.79 Å². The van der Waals surface area contributed by atoms with Crippen LogP contribution in [0.25, 0.3) is 0 Å². The minimum absolute atomic E-state index is 0.446. The third kappa shape index (κ3) is 2.20.